The quantitative estimate of drug-likeness (QED) is 0.474. The van der Waals surface area contributed by atoms with E-state index in [-0.39, 0.29) is 6.04 Å². The zero-order valence-electron chi connectivity index (χ0n) is 4.59. The molecule has 0 radical (unpaired) electrons. The molecule has 7 heavy (non-hydrogen) atoms. The third-order valence-corrected chi connectivity index (χ3v) is 0.576. The largest absolute Gasteiger partial charge is 0.327 e. The van der Waals surface area contributed by atoms with Crippen molar-refractivity contribution in [1.29, 1.82) is 0 Å². The second-order valence-corrected chi connectivity index (χ2v) is 1.52. The van der Waals surface area contributed by atoms with Gasteiger partial charge in [-0.05, 0) is 6.92 Å². The molecular weight excluding hydrogens is 88.1 g/mol. The highest BCUT2D eigenvalue weighted by Gasteiger charge is 1.78. The summed E-state index contributed by atoms with van der Waals surface area (Å²) in [7, 11) is 0. The average Bonchev–Trinajstić information content (AvgIpc) is 1.61. The maximum absolute atomic E-state index is 5.34. The lowest BCUT2D eigenvalue weighted by atomic mass is 10.3. The fourth-order valence-corrected chi connectivity index (χ4v) is 0.293. The first-order chi connectivity index (χ1) is 3.27. The molecule has 42 valence electrons. The van der Waals surface area contributed by atoms with Crippen LogP contribution in [0.2, 0.25) is 0 Å². The van der Waals surface area contributed by atoms with Gasteiger partial charge in [0.15, 0.2) is 0 Å². The van der Waals surface area contributed by atoms with E-state index >= 15 is 0 Å². The number of nitrogens with two attached hydrogens (primary N) is 2. The highest BCUT2D eigenvalue weighted by atomic mass is 14.6. The third-order valence-electron chi connectivity index (χ3n) is 0.576. The molecule has 0 saturated heterocycles. The topological polar surface area (TPSA) is 52.0 Å². The van der Waals surface area contributed by atoms with Gasteiger partial charge in [-0.25, -0.2) is 0 Å². The van der Waals surface area contributed by atoms with Crippen molar-refractivity contribution >= 4 is 0 Å². The molecule has 1 atom stereocenters. The van der Waals surface area contributed by atoms with Gasteiger partial charge in [0, 0.05) is 12.6 Å². The number of hydrogen-bond donors (Lipinski definition) is 2. The summed E-state index contributed by atoms with van der Waals surface area (Å²) < 4.78 is 0. The van der Waals surface area contributed by atoms with E-state index < -0.39 is 0 Å². The van der Waals surface area contributed by atoms with Gasteiger partial charge in [-0.1, -0.05) is 12.2 Å². The lowest BCUT2D eigenvalue weighted by Crippen LogP contribution is -2.11. The van der Waals surface area contributed by atoms with Crippen molar-refractivity contribution in [3.05, 3.63) is 12.2 Å². The van der Waals surface area contributed by atoms with Crippen molar-refractivity contribution in [2.45, 2.75) is 13.0 Å². The van der Waals surface area contributed by atoms with E-state index in [1.807, 2.05) is 19.1 Å². The number of hydrogen-bond acceptors (Lipinski definition) is 2. The summed E-state index contributed by atoms with van der Waals surface area (Å²) in [5, 5.41) is 0. The molecule has 0 aliphatic heterocycles. The van der Waals surface area contributed by atoms with Crippen LogP contribution in [0.1, 0.15) is 6.92 Å². The van der Waals surface area contributed by atoms with Gasteiger partial charge in [-0.3, -0.25) is 0 Å². The van der Waals surface area contributed by atoms with E-state index in [2.05, 4.69) is 0 Å². The van der Waals surface area contributed by atoms with E-state index in [4.69, 9.17) is 11.5 Å². The first-order valence-electron chi connectivity index (χ1n) is 2.39. The van der Waals surface area contributed by atoms with E-state index in [1.54, 1.807) is 0 Å². The monoisotopic (exact) mass is 100 g/mol. The van der Waals surface area contributed by atoms with Crippen molar-refractivity contribution in [3.63, 3.8) is 0 Å². The average molecular weight is 100 g/mol. The van der Waals surface area contributed by atoms with Crippen LogP contribution < -0.4 is 11.5 Å². The SMILES string of the molecule is CC(N)C=CCN. The second-order valence-electron chi connectivity index (χ2n) is 1.52. The van der Waals surface area contributed by atoms with Crippen LogP contribution in [0, 0.1) is 0 Å². The molecule has 0 aliphatic rings. The molecule has 1 unspecified atom stereocenters. The van der Waals surface area contributed by atoms with Crippen molar-refractivity contribution in [2.24, 2.45) is 11.5 Å². The van der Waals surface area contributed by atoms with Crippen LogP contribution in [0.25, 0.3) is 0 Å². The zero-order valence-corrected chi connectivity index (χ0v) is 4.59. The Balaban J connectivity index is 3.08. The van der Waals surface area contributed by atoms with E-state index in [0.29, 0.717) is 6.54 Å². The molecule has 0 rings (SSSR count). The molecule has 2 nitrogen and oxygen atoms in total. The molecule has 0 aromatic heterocycles. The van der Waals surface area contributed by atoms with Crippen LogP contribution in [-0.4, -0.2) is 12.6 Å². The van der Waals surface area contributed by atoms with Gasteiger partial charge in [0.1, 0.15) is 0 Å². The Morgan fingerprint density at radius 2 is 2.29 bits per heavy atom. The van der Waals surface area contributed by atoms with Crippen LogP contribution in [0.5, 0.6) is 0 Å². The molecule has 0 aliphatic carbocycles. The zero-order chi connectivity index (χ0) is 5.70. The summed E-state index contributed by atoms with van der Waals surface area (Å²) in [4.78, 5) is 0. The van der Waals surface area contributed by atoms with Crippen molar-refractivity contribution in [1.82, 2.24) is 0 Å². The molecule has 0 aromatic rings. The third kappa shape index (κ3) is 5.66. The molecule has 0 saturated carbocycles. The minimum atomic E-state index is 0.142. The molecule has 0 spiro atoms. The summed E-state index contributed by atoms with van der Waals surface area (Å²) in [5.41, 5.74) is 10.5. The molecule has 0 aromatic carbocycles. The molecule has 0 fully saturated rings. The first-order valence-corrected chi connectivity index (χ1v) is 2.39. The smallest absolute Gasteiger partial charge is 0.0195 e. The van der Waals surface area contributed by atoms with Gasteiger partial charge in [-0.15, -0.1) is 0 Å². The summed E-state index contributed by atoms with van der Waals surface area (Å²) in [5.74, 6) is 0. The van der Waals surface area contributed by atoms with E-state index in [9.17, 15) is 0 Å². The summed E-state index contributed by atoms with van der Waals surface area (Å²) in [6.07, 6.45) is 3.73. The molecule has 0 bridgehead atoms. The predicted octanol–water partition coefficient (Wildman–Crippen LogP) is -0.151. The van der Waals surface area contributed by atoms with E-state index in [0.717, 1.165) is 0 Å². The molecule has 0 amide bonds. The van der Waals surface area contributed by atoms with Crippen LogP contribution in [-0.2, 0) is 0 Å². The maximum atomic E-state index is 5.34. The minimum Gasteiger partial charge on any atom is -0.327 e. The Hall–Kier alpha value is -0.340. The van der Waals surface area contributed by atoms with Crippen LogP contribution in [0.3, 0.4) is 0 Å². The highest BCUT2D eigenvalue weighted by Crippen LogP contribution is 1.74. The Bertz CT molecular complexity index is 57.1. The fraction of sp³-hybridized carbons (Fsp3) is 0.600. The summed E-state index contributed by atoms with van der Waals surface area (Å²) in [6, 6.07) is 0.142. The standard InChI is InChI=1S/C5H12N2/c1-5(7)3-2-4-6/h2-3,5H,4,6-7H2,1H3. The van der Waals surface area contributed by atoms with Gasteiger partial charge in [0.25, 0.3) is 0 Å². The Labute approximate surface area is 44.2 Å². The predicted molar refractivity (Wildman–Crippen MR) is 31.8 cm³/mol. The van der Waals surface area contributed by atoms with E-state index in [1.165, 1.54) is 0 Å². The number of rotatable bonds is 2. The Morgan fingerprint density at radius 3 is 2.43 bits per heavy atom. The van der Waals surface area contributed by atoms with Crippen LogP contribution in [0.4, 0.5) is 0 Å². The molecule has 4 N–H and O–H groups in total. The lowest BCUT2D eigenvalue weighted by molar-refractivity contribution is 0.920. The van der Waals surface area contributed by atoms with Gasteiger partial charge in [0.05, 0.1) is 0 Å². The molecule has 0 heterocycles. The van der Waals surface area contributed by atoms with Crippen molar-refractivity contribution < 1.29 is 0 Å². The summed E-state index contributed by atoms with van der Waals surface area (Å²) >= 11 is 0. The van der Waals surface area contributed by atoms with Crippen LogP contribution >= 0.6 is 0 Å². The van der Waals surface area contributed by atoms with Crippen molar-refractivity contribution in [3.8, 4) is 0 Å². The highest BCUT2D eigenvalue weighted by molar-refractivity contribution is 4.88. The maximum Gasteiger partial charge on any atom is 0.0195 e. The van der Waals surface area contributed by atoms with Crippen LogP contribution in [0.15, 0.2) is 12.2 Å². The van der Waals surface area contributed by atoms with Gasteiger partial charge in [0.2, 0.25) is 0 Å². The Kier molecular flexibility index (Phi) is 3.65. The second kappa shape index (κ2) is 3.84. The summed E-state index contributed by atoms with van der Waals surface area (Å²) in [6.45, 7) is 2.49. The van der Waals surface area contributed by atoms with Gasteiger partial charge >= 0.3 is 0 Å². The fourth-order valence-electron chi connectivity index (χ4n) is 0.293. The first kappa shape index (κ1) is 6.66. The van der Waals surface area contributed by atoms with Gasteiger partial charge < -0.3 is 11.5 Å². The lowest BCUT2D eigenvalue weighted by Gasteiger charge is -1.90. The van der Waals surface area contributed by atoms with Gasteiger partial charge in [-0.2, -0.15) is 0 Å². The molecular formula is C5H12N2. The Morgan fingerprint density at radius 1 is 1.71 bits per heavy atom. The minimum absolute atomic E-state index is 0.142. The van der Waals surface area contributed by atoms with Crippen molar-refractivity contribution in [2.75, 3.05) is 6.54 Å². The molecule has 2 heteroatoms. The normalized spacial score (nSPS) is 15.3.